The summed E-state index contributed by atoms with van der Waals surface area (Å²) >= 11 is 0. The van der Waals surface area contributed by atoms with E-state index in [1.165, 1.54) is 48.5 Å². The molecule has 0 aliphatic heterocycles. The van der Waals surface area contributed by atoms with E-state index in [1.807, 2.05) is 37.1 Å². The Bertz CT molecular complexity index is 1570. The summed E-state index contributed by atoms with van der Waals surface area (Å²) in [5.74, 6) is -1.32. The Morgan fingerprint density at radius 3 is 2.25 bits per heavy atom. The number of amidine groups is 1. The first-order chi connectivity index (χ1) is 19.2. The van der Waals surface area contributed by atoms with Crippen molar-refractivity contribution in [1.82, 2.24) is 10.2 Å². The molecule has 0 saturated heterocycles. The Hall–Kier alpha value is -4.43. The maximum atomic E-state index is 15.0. The molecule has 0 bridgehead atoms. The minimum atomic E-state index is -0.873. The molecule has 40 heavy (non-hydrogen) atoms. The van der Waals surface area contributed by atoms with Crippen molar-refractivity contribution in [1.29, 1.82) is 0 Å². The fraction of sp³-hybridized carbons (Fsp3) is 0.188. The summed E-state index contributed by atoms with van der Waals surface area (Å²) in [6.45, 7) is 2.41. The lowest BCUT2D eigenvalue weighted by Crippen LogP contribution is -2.34. The van der Waals surface area contributed by atoms with Crippen molar-refractivity contribution in [3.63, 3.8) is 0 Å². The molecule has 1 amide bonds. The first-order valence-corrected chi connectivity index (χ1v) is 12.9. The molecule has 1 aliphatic rings. The molecular weight excluding hydrogens is 515 g/mol. The fourth-order valence-electron chi connectivity index (χ4n) is 4.84. The van der Waals surface area contributed by atoms with Gasteiger partial charge in [0.05, 0.1) is 23.4 Å². The van der Waals surface area contributed by atoms with E-state index in [0.29, 0.717) is 29.8 Å². The van der Waals surface area contributed by atoms with Crippen molar-refractivity contribution < 1.29 is 23.1 Å². The second-order valence-electron chi connectivity index (χ2n) is 9.95. The maximum absolute atomic E-state index is 15.0. The van der Waals surface area contributed by atoms with E-state index < -0.39 is 29.7 Å². The van der Waals surface area contributed by atoms with Crippen molar-refractivity contribution >= 4 is 17.4 Å². The lowest BCUT2D eigenvalue weighted by atomic mass is 10.0. The van der Waals surface area contributed by atoms with Gasteiger partial charge in [-0.3, -0.25) is 4.79 Å². The number of hydrogen-bond acceptors (Lipinski definition) is 3. The molecule has 0 spiro atoms. The van der Waals surface area contributed by atoms with Gasteiger partial charge in [0.1, 0.15) is 23.3 Å². The van der Waals surface area contributed by atoms with Crippen molar-refractivity contribution in [3.8, 4) is 11.1 Å². The molecule has 2 atom stereocenters. The highest BCUT2D eigenvalue weighted by atomic mass is 19.1. The van der Waals surface area contributed by atoms with Crippen LogP contribution in [0.25, 0.3) is 11.1 Å². The summed E-state index contributed by atoms with van der Waals surface area (Å²) in [6.07, 6.45) is -0.526. The van der Waals surface area contributed by atoms with Gasteiger partial charge in [-0.05, 0) is 83.3 Å². The number of rotatable bonds is 6. The summed E-state index contributed by atoms with van der Waals surface area (Å²) < 4.78 is 41.4. The van der Waals surface area contributed by atoms with Crippen LogP contribution in [0, 0.1) is 17.5 Å². The normalized spacial score (nSPS) is 16.5. The van der Waals surface area contributed by atoms with Crippen molar-refractivity contribution in [3.05, 3.63) is 125 Å². The molecule has 0 fully saturated rings. The topological polar surface area (TPSA) is 64.9 Å². The highest BCUT2D eigenvalue weighted by Gasteiger charge is 2.33. The van der Waals surface area contributed by atoms with Crippen LogP contribution in [0.15, 0.2) is 89.9 Å². The molecule has 0 saturated carbocycles. The number of hydrogen-bond donors (Lipinski definition) is 2. The molecular formula is C32H28F3N3O2. The van der Waals surface area contributed by atoms with Crippen molar-refractivity contribution in [2.45, 2.75) is 32.0 Å². The van der Waals surface area contributed by atoms with Gasteiger partial charge >= 0.3 is 0 Å². The SMILES string of the molecule is CC(=Nc1ccc2c(c1)[C@@H](NC(=O)c1ccc(-c3ccc(F)cc3)cc1F)[C@H](O)C2)N(C)Cc1ccc(F)cc1. The number of halogens is 3. The second-order valence-corrected chi connectivity index (χ2v) is 9.95. The van der Waals surface area contributed by atoms with Crippen LogP contribution in [-0.2, 0) is 13.0 Å². The van der Waals surface area contributed by atoms with E-state index in [4.69, 9.17) is 4.99 Å². The van der Waals surface area contributed by atoms with Gasteiger partial charge in [0.2, 0.25) is 0 Å². The zero-order valence-electron chi connectivity index (χ0n) is 22.0. The molecule has 0 radical (unpaired) electrons. The Balaban J connectivity index is 1.32. The van der Waals surface area contributed by atoms with Crippen LogP contribution in [0.1, 0.15) is 40.0 Å². The van der Waals surface area contributed by atoms with Gasteiger partial charge < -0.3 is 15.3 Å². The van der Waals surface area contributed by atoms with E-state index in [9.17, 15) is 23.1 Å². The van der Waals surface area contributed by atoms with Gasteiger partial charge in [-0.25, -0.2) is 18.2 Å². The molecule has 0 aromatic heterocycles. The van der Waals surface area contributed by atoms with E-state index >= 15 is 0 Å². The number of aliphatic imine (C=N–C) groups is 1. The maximum Gasteiger partial charge on any atom is 0.254 e. The van der Waals surface area contributed by atoms with Crippen LogP contribution in [0.3, 0.4) is 0 Å². The lowest BCUT2D eigenvalue weighted by molar-refractivity contribution is 0.0854. The van der Waals surface area contributed by atoms with Gasteiger partial charge in [0, 0.05) is 20.0 Å². The lowest BCUT2D eigenvalue weighted by Gasteiger charge is -2.20. The number of aliphatic hydroxyl groups excluding tert-OH is 1. The summed E-state index contributed by atoms with van der Waals surface area (Å²) in [5, 5.41) is 13.5. The van der Waals surface area contributed by atoms with E-state index in [2.05, 4.69) is 5.32 Å². The number of aliphatic hydroxyl groups is 1. The molecule has 5 rings (SSSR count). The fourth-order valence-corrected chi connectivity index (χ4v) is 4.84. The van der Waals surface area contributed by atoms with Gasteiger partial charge in [0.25, 0.3) is 5.91 Å². The summed E-state index contributed by atoms with van der Waals surface area (Å²) in [6, 6.07) is 21.0. The van der Waals surface area contributed by atoms with Gasteiger partial charge in [-0.1, -0.05) is 36.4 Å². The van der Waals surface area contributed by atoms with Crippen LogP contribution < -0.4 is 5.32 Å². The molecule has 2 N–H and O–H groups in total. The smallest absolute Gasteiger partial charge is 0.254 e. The van der Waals surface area contributed by atoms with Crippen molar-refractivity contribution in [2.24, 2.45) is 4.99 Å². The quantitative estimate of drug-likeness (QED) is 0.220. The molecule has 8 heteroatoms. The van der Waals surface area contributed by atoms with Gasteiger partial charge in [0.15, 0.2) is 0 Å². The highest BCUT2D eigenvalue weighted by molar-refractivity contribution is 5.95. The molecule has 1 aliphatic carbocycles. The third kappa shape index (κ3) is 5.92. The number of nitrogens with one attached hydrogen (secondary N) is 1. The molecule has 4 aromatic rings. The monoisotopic (exact) mass is 543 g/mol. The Morgan fingerprint density at radius 1 is 0.925 bits per heavy atom. The predicted molar refractivity (Wildman–Crippen MR) is 149 cm³/mol. The molecule has 0 heterocycles. The van der Waals surface area contributed by atoms with Crippen LogP contribution >= 0.6 is 0 Å². The molecule has 4 aromatic carbocycles. The minimum absolute atomic E-state index is 0.154. The zero-order chi connectivity index (χ0) is 28.4. The number of nitrogens with zero attached hydrogens (tertiary/aromatic N) is 2. The number of carbonyl (C=O) groups is 1. The van der Waals surface area contributed by atoms with E-state index in [1.54, 1.807) is 18.2 Å². The third-order valence-electron chi connectivity index (χ3n) is 7.13. The van der Waals surface area contributed by atoms with Gasteiger partial charge in [-0.2, -0.15) is 0 Å². The van der Waals surface area contributed by atoms with E-state index in [-0.39, 0.29) is 11.4 Å². The number of benzene rings is 4. The molecule has 0 unspecified atom stereocenters. The summed E-state index contributed by atoms with van der Waals surface area (Å²) in [5.41, 5.74) is 4.17. The Kier molecular flexibility index (Phi) is 7.71. The number of amides is 1. The first kappa shape index (κ1) is 27.1. The largest absolute Gasteiger partial charge is 0.390 e. The number of fused-ring (bicyclic) bond motifs is 1. The highest BCUT2D eigenvalue weighted by Crippen LogP contribution is 2.35. The first-order valence-electron chi connectivity index (χ1n) is 12.9. The Morgan fingerprint density at radius 2 is 1.57 bits per heavy atom. The second kappa shape index (κ2) is 11.4. The minimum Gasteiger partial charge on any atom is -0.390 e. The Labute approximate surface area is 230 Å². The van der Waals surface area contributed by atoms with Gasteiger partial charge in [-0.15, -0.1) is 0 Å². The third-order valence-corrected chi connectivity index (χ3v) is 7.13. The molecule has 5 nitrogen and oxygen atoms in total. The summed E-state index contributed by atoms with van der Waals surface area (Å²) in [7, 11) is 1.89. The standard InChI is InChI=1S/C32H28F3N3O2/c1-19(38(2)18-20-3-9-24(33)10-4-20)36-26-13-7-23-16-30(39)31(28(23)17-26)37-32(40)27-14-8-22(15-29(27)35)21-5-11-25(34)12-6-21/h3-15,17,30-31,39H,16,18H2,1-2H3,(H,37,40)/t30-,31-/m1/s1. The number of carbonyl (C=O) groups excluding carboxylic acids is 1. The average Bonchev–Trinajstić information content (AvgIpc) is 3.24. The van der Waals surface area contributed by atoms with Crippen LogP contribution in [0.5, 0.6) is 0 Å². The van der Waals surface area contributed by atoms with E-state index in [0.717, 1.165) is 22.5 Å². The summed E-state index contributed by atoms with van der Waals surface area (Å²) in [4.78, 5) is 19.7. The molecule has 204 valence electrons. The van der Waals surface area contributed by atoms with Crippen LogP contribution in [0.2, 0.25) is 0 Å². The van der Waals surface area contributed by atoms with Crippen LogP contribution in [0.4, 0.5) is 18.9 Å². The average molecular weight is 544 g/mol. The van der Waals surface area contributed by atoms with Crippen LogP contribution in [-0.4, -0.2) is 34.9 Å². The predicted octanol–water partition coefficient (Wildman–Crippen LogP) is 6.34. The van der Waals surface area contributed by atoms with Crippen molar-refractivity contribution in [2.75, 3.05) is 7.05 Å². The zero-order valence-corrected chi connectivity index (χ0v) is 22.0.